The van der Waals surface area contributed by atoms with Gasteiger partial charge < -0.3 is 11.1 Å². The SMILES string of the molecule is CC(F)(F)[C@H]1CNCC[C@H]1C(N)=O. The Morgan fingerprint density at radius 2 is 2.23 bits per heavy atom. The summed E-state index contributed by atoms with van der Waals surface area (Å²) in [6.07, 6.45) is 0.406. The van der Waals surface area contributed by atoms with Gasteiger partial charge in [-0.3, -0.25) is 4.79 Å². The Morgan fingerprint density at radius 1 is 1.62 bits per heavy atom. The molecule has 2 atom stereocenters. The van der Waals surface area contributed by atoms with Crippen LogP contribution in [0.4, 0.5) is 8.78 Å². The average molecular weight is 192 g/mol. The Kier molecular flexibility index (Phi) is 2.85. The molecule has 1 aliphatic heterocycles. The minimum atomic E-state index is -2.84. The molecule has 0 radical (unpaired) electrons. The predicted octanol–water partition coefficient (Wildman–Crippen LogP) is 0.353. The number of carbonyl (C=O) groups is 1. The fourth-order valence-electron chi connectivity index (χ4n) is 1.73. The van der Waals surface area contributed by atoms with Crippen molar-refractivity contribution >= 4 is 5.91 Å². The van der Waals surface area contributed by atoms with Crippen LogP contribution in [0.1, 0.15) is 13.3 Å². The van der Waals surface area contributed by atoms with Gasteiger partial charge in [0, 0.05) is 18.4 Å². The Hall–Kier alpha value is -0.710. The lowest BCUT2D eigenvalue weighted by Gasteiger charge is -2.33. The van der Waals surface area contributed by atoms with Gasteiger partial charge in [-0.1, -0.05) is 0 Å². The lowest BCUT2D eigenvalue weighted by Crippen LogP contribution is -2.49. The number of piperidine rings is 1. The van der Waals surface area contributed by atoms with E-state index in [2.05, 4.69) is 5.32 Å². The smallest absolute Gasteiger partial charge is 0.250 e. The van der Waals surface area contributed by atoms with Crippen LogP contribution in [0.3, 0.4) is 0 Å². The third-order valence-electron chi connectivity index (χ3n) is 2.50. The predicted molar refractivity (Wildman–Crippen MR) is 44.3 cm³/mol. The fraction of sp³-hybridized carbons (Fsp3) is 0.875. The molecule has 0 aromatic rings. The van der Waals surface area contributed by atoms with Gasteiger partial charge in [-0.15, -0.1) is 0 Å². The molecule has 13 heavy (non-hydrogen) atoms. The number of hydrogen-bond donors (Lipinski definition) is 2. The number of carbonyl (C=O) groups excluding carboxylic acids is 1. The number of nitrogens with two attached hydrogens (primary N) is 1. The summed E-state index contributed by atoms with van der Waals surface area (Å²) in [6.45, 7) is 1.58. The van der Waals surface area contributed by atoms with Crippen molar-refractivity contribution < 1.29 is 13.6 Å². The molecule has 1 rings (SSSR count). The van der Waals surface area contributed by atoms with Crippen LogP contribution in [0.2, 0.25) is 0 Å². The van der Waals surface area contributed by atoms with Crippen LogP contribution in [0.25, 0.3) is 0 Å². The van der Waals surface area contributed by atoms with Gasteiger partial charge in [0.15, 0.2) is 0 Å². The normalized spacial score (nSPS) is 30.1. The molecule has 0 aromatic carbocycles. The first-order valence-corrected chi connectivity index (χ1v) is 4.31. The van der Waals surface area contributed by atoms with E-state index in [1.165, 1.54) is 0 Å². The second kappa shape index (κ2) is 3.57. The molecule has 1 aliphatic rings. The number of nitrogens with one attached hydrogen (secondary N) is 1. The molecule has 0 saturated carbocycles. The van der Waals surface area contributed by atoms with E-state index in [9.17, 15) is 13.6 Å². The summed E-state index contributed by atoms with van der Waals surface area (Å²) in [6, 6.07) is 0. The van der Waals surface area contributed by atoms with E-state index < -0.39 is 23.7 Å². The van der Waals surface area contributed by atoms with Crippen LogP contribution >= 0.6 is 0 Å². The van der Waals surface area contributed by atoms with Crippen molar-refractivity contribution in [3.05, 3.63) is 0 Å². The number of hydrogen-bond acceptors (Lipinski definition) is 2. The fourth-order valence-corrected chi connectivity index (χ4v) is 1.73. The highest BCUT2D eigenvalue weighted by atomic mass is 19.3. The molecule has 0 spiro atoms. The maximum Gasteiger partial charge on any atom is 0.250 e. The highest BCUT2D eigenvalue weighted by Gasteiger charge is 2.43. The van der Waals surface area contributed by atoms with E-state index in [1.807, 2.05) is 0 Å². The van der Waals surface area contributed by atoms with Crippen molar-refractivity contribution in [3.8, 4) is 0 Å². The third kappa shape index (κ3) is 2.37. The number of halogens is 2. The Labute approximate surface area is 75.7 Å². The molecular weight excluding hydrogens is 178 g/mol. The van der Waals surface area contributed by atoms with E-state index in [1.54, 1.807) is 0 Å². The quantitative estimate of drug-likeness (QED) is 0.663. The van der Waals surface area contributed by atoms with Crippen LogP contribution in [0.5, 0.6) is 0 Å². The van der Waals surface area contributed by atoms with Gasteiger partial charge >= 0.3 is 0 Å². The summed E-state index contributed by atoms with van der Waals surface area (Å²) in [5.41, 5.74) is 5.05. The summed E-state index contributed by atoms with van der Waals surface area (Å²) < 4.78 is 25.9. The average Bonchev–Trinajstić information content (AvgIpc) is 2.03. The van der Waals surface area contributed by atoms with Gasteiger partial charge in [0.25, 0.3) is 0 Å². The molecule has 76 valence electrons. The highest BCUT2D eigenvalue weighted by molar-refractivity contribution is 5.77. The van der Waals surface area contributed by atoms with Gasteiger partial charge in [0.1, 0.15) is 0 Å². The molecular formula is C8H14F2N2O. The van der Waals surface area contributed by atoms with Crippen LogP contribution in [-0.2, 0) is 4.79 Å². The lowest BCUT2D eigenvalue weighted by molar-refractivity contribution is -0.133. The first-order valence-electron chi connectivity index (χ1n) is 4.31. The Morgan fingerprint density at radius 3 is 2.62 bits per heavy atom. The minimum Gasteiger partial charge on any atom is -0.369 e. The minimum absolute atomic E-state index is 0.164. The van der Waals surface area contributed by atoms with Gasteiger partial charge in [-0.2, -0.15) is 0 Å². The van der Waals surface area contributed by atoms with Crippen molar-refractivity contribution in [2.45, 2.75) is 19.3 Å². The molecule has 3 N–H and O–H groups in total. The molecule has 0 bridgehead atoms. The van der Waals surface area contributed by atoms with Crippen LogP contribution in [0.15, 0.2) is 0 Å². The van der Waals surface area contributed by atoms with E-state index in [0.29, 0.717) is 13.0 Å². The molecule has 0 unspecified atom stereocenters. The van der Waals surface area contributed by atoms with E-state index in [4.69, 9.17) is 5.73 Å². The molecule has 1 saturated heterocycles. The maximum absolute atomic E-state index is 13.0. The van der Waals surface area contributed by atoms with Gasteiger partial charge in [0.05, 0.1) is 0 Å². The number of rotatable bonds is 2. The molecule has 1 fully saturated rings. The summed E-state index contributed by atoms with van der Waals surface area (Å²) in [4.78, 5) is 10.9. The standard InChI is InChI=1S/C8H14F2N2O/c1-8(9,10)6-4-12-3-2-5(6)7(11)13/h5-6,12H,2-4H2,1H3,(H2,11,13)/t5-,6+/m1/s1. The van der Waals surface area contributed by atoms with E-state index in [0.717, 1.165) is 6.92 Å². The number of alkyl halides is 2. The molecule has 1 heterocycles. The second-order valence-corrected chi connectivity index (χ2v) is 3.56. The monoisotopic (exact) mass is 192 g/mol. The lowest BCUT2D eigenvalue weighted by atomic mass is 9.82. The largest absolute Gasteiger partial charge is 0.369 e. The highest BCUT2D eigenvalue weighted by Crippen LogP contribution is 2.33. The maximum atomic E-state index is 13.0. The van der Waals surface area contributed by atoms with Gasteiger partial charge in [-0.05, 0) is 19.9 Å². The molecule has 1 amide bonds. The van der Waals surface area contributed by atoms with Crippen LogP contribution in [0, 0.1) is 11.8 Å². The Bertz CT molecular complexity index is 203. The topological polar surface area (TPSA) is 55.1 Å². The van der Waals surface area contributed by atoms with E-state index in [-0.39, 0.29) is 6.54 Å². The van der Waals surface area contributed by atoms with Crippen molar-refractivity contribution in [2.75, 3.05) is 13.1 Å². The zero-order chi connectivity index (χ0) is 10.1. The zero-order valence-electron chi connectivity index (χ0n) is 7.52. The first-order chi connectivity index (χ1) is 5.93. The van der Waals surface area contributed by atoms with Crippen molar-refractivity contribution in [3.63, 3.8) is 0 Å². The summed E-state index contributed by atoms with van der Waals surface area (Å²) in [5.74, 6) is -5.11. The second-order valence-electron chi connectivity index (χ2n) is 3.56. The summed E-state index contributed by atoms with van der Waals surface area (Å²) in [5, 5.41) is 2.84. The van der Waals surface area contributed by atoms with E-state index >= 15 is 0 Å². The van der Waals surface area contributed by atoms with Gasteiger partial charge in [0.2, 0.25) is 11.8 Å². The summed E-state index contributed by atoms with van der Waals surface area (Å²) in [7, 11) is 0. The summed E-state index contributed by atoms with van der Waals surface area (Å²) >= 11 is 0. The van der Waals surface area contributed by atoms with Crippen LogP contribution < -0.4 is 11.1 Å². The Balaban J connectivity index is 2.73. The van der Waals surface area contributed by atoms with Crippen LogP contribution in [-0.4, -0.2) is 24.9 Å². The molecule has 3 nitrogen and oxygen atoms in total. The molecule has 5 heteroatoms. The van der Waals surface area contributed by atoms with Crippen molar-refractivity contribution in [2.24, 2.45) is 17.6 Å². The van der Waals surface area contributed by atoms with Crippen molar-refractivity contribution in [1.82, 2.24) is 5.32 Å². The molecule has 0 aromatic heterocycles. The third-order valence-corrected chi connectivity index (χ3v) is 2.50. The van der Waals surface area contributed by atoms with Gasteiger partial charge in [-0.25, -0.2) is 8.78 Å². The number of primary amides is 1. The number of amides is 1. The molecule has 0 aliphatic carbocycles. The van der Waals surface area contributed by atoms with Crippen molar-refractivity contribution in [1.29, 1.82) is 0 Å². The zero-order valence-corrected chi connectivity index (χ0v) is 7.52. The first kappa shape index (κ1) is 10.4.